The molecule has 1 unspecified atom stereocenters. The first-order valence-corrected chi connectivity index (χ1v) is 5.50. The molecule has 0 aromatic heterocycles. The Hall–Kier alpha value is -0.980. The van der Waals surface area contributed by atoms with Crippen LogP contribution in [0.3, 0.4) is 0 Å². The highest BCUT2D eigenvalue weighted by Gasteiger charge is 2.29. The van der Waals surface area contributed by atoms with Crippen molar-refractivity contribution >= 4 is 6.09 Å². The zero-order chi connectivity index (χ0) is 13.5. The highest BCUT2D eigenvalue weighted by atomic mass is 19.4. The van der Waals surface area contributed by atoms with E-state index in [1.165, 1.54) is 0 Å². The van der Waals surface area contributed by atoms with Crippen molar-refractivity contribution < 1.29 is 22.7 Å². The highest BCUT2D eigenvalue weighted by molar-refractivity contribution is 5.67. The summed E-state index contributed by atoms with van der Waals surface area (Å²) in [5, 5.41) is 2.35. The molecular weight excluding hydrogens is 237 g/mol. The second-order valence-corrected chi connectivity index (χ2v) is 3.72. The molecule has 1 amide bonds. The minimum atomic E-state index is -4.49. The molecule has 4 nitrogen and oxygen atoms in total. The zero-order valence-corrected chi connectivity index (χ0v) is 10.3. The van der Waals surface area contributed by atoms with Gasteiger partial charge in [-0.3, -0.25) is 0 Å². The molecule has 0 aliphatic carbocycles. The minimum Gasteiger partial charge on any atom is -0.440 e. The SMILES string of the molecule is CCN(CC)CC(C)NC(=O)OCC(F)(F)F. The van der Waals surface area contributed by atoms with Gasteiger partial charge in [-0.25, -0.2) is 4.79 Å². The molecule has 1 N–H and O–H groups in total. The van der Waals surface area contributed by atoms with Gasteiger partial charge in [-0.2, -0.15) is 13.2 Å². The first kappa shape index (κ1) is 16.0. The summed E-state index contributed by atoms with van der Waals surface area (Å²) in [5.74, 6) is 0. The van der Waals surface area contributed by atoms with E-state index in [0.717, 1.165) is 13.1 Å². The third-order valence-electron chi connectivity index (χ3n) is 2.16. The summed E-state index contributed by atoms with van der Waals surface area (Å²) in [4.78, 5) is 13.1. The van der Waals surface area contributed by atoms with Crippen LogP contribution in [0.5, 0.6) is 0 Å². The second kappa shape index (κ2) is 7.37. The predicted molar refractivity (Wildman–Crippen MR) is 57.8 cm³/mol. The number of hydrogen-bond donors (Lipinski definition) is 1. The second-order valence-electron chi connectivity index (χ2n) is 3.72. The van der Waals surface area contributed by atoms with Crippen LogP contribution in [0.2, 0.25) is 0 Å². The molecule has 0 aliphatic heterocycles. The number of hydrogen-bond acceptors (Lipinski definition) is 3. The van der Waals surface area contributed by atoms with Crippen molar-refractivity contribution in [3.8, 4) is 0 Å². The van der Waals surface area contributed by atoms with Crippen LogP contribution in [0.4, 0.5) is 18.0 Å². The number of rotatable bonds is 6. The Bertz CT molecular complexity index is 230. The van der Waals surface area contributed by atoms with E-state index < -0.39 is 18.9 Å². The fraction of sp³-hybridized carbons (Fsp3) is 0.900. The summed E-state index contributed by atoms with van der Waals surface area (Å²) in [6, 6.07) is -0.254. The van der Waals surface area contributed by atoms with Crippen molar-refractivity contribution in [2.24, 2.45) is 0 Å². The molecule has 0 saturated carbocycles. The van der Waals surface area contributed by atoms with Gasteiger partial charge < -0.3 is 15.0 Å². The summed E-state index contributed by atoms with van der Waals surface area (Å²) < 4.78 is 39.3. The minimum absolute atomic E-state index is 0.254. The Labute approximate surface area is 99.1 Å². The number of alkyl carbamates (subject to hydrolysis) is 1. The van der Waals surface area contributed by atoms with Crippen molar-refractivity contribution in [1.82, 2.24) is 10.2 Å². The van der Waals surface area contributed by atoms with Crippen molar-refractivity contribution in [1.29, 1.82) is 0 Å². The standard InChI is InChI=1S/C10H19F3N2O2/c1-4-15(5-2)6-8(3)14-9(16)17-7-10(11,12)13/h8H,4-7H2,1-3H3,(H,14,16). The Morgan fingerprint density at radius 3 is 2.29 bits per heavy atom. The molecule has 0 rings (SSSR count). The van der Waals surface area contributed by atoms with Crippen LogP contribution < -0.4 is 5.32 Å². The van der Waals surface area contributed by atoms with Gasteiger partial charge in [0.1, 0.15) is 0 Å². The quantitative estimate of drug-likeness (QED) is 0.790. The molecule has 0 aliphatic rings. The average Bonchev–Trinajstić information content (AvgIpc) is 2.22. The Morgan fingerprint density at radius 2 is 1.88 bits per heavy atom. The number of amides is 1. The van der Waals surface area contributed by atoms with E-state index in [1.807, 2.05) is 13.8 Å². The molecule has 1 atom stereocenters. The summed E-state index contributed by atoms with van der Waals surface area (Å²) >= 11 is 0. The molecule has 0 aromatic rings. The zero-order valence-electron chi connectivity index (χ0n) is 10.3. The van der Waals surface area contributed by atoms with Crippen LogP contribution >= 0.6 is 0 Å². The Balaban J connectivity index is 3.87. The summed E-state index contributed by atoms with van der Waals surface area (Å²) in [7, 11) is 0. The maximum Gasteiger partial charge on any atom is 0.422 e. The lowest BCUT2D eigenvalue weighted by molar-refractivity contribution is -0.160. The maximum atomic E-state index is 11.8. The average molecular weight is 256 g/mol. The van der Waals surface area contributed by atoms with E-state index in [1.54, 1.807) is 6.92 Å². The molecule has 0 radical (unpaired) electrons. The molecule has 0 bridgehead atoms. The number of nitrogens with one attached hydrogen (secondary N) is 1. The normalized spacial score (nSPS) is 13.6. The van der Waals surface area contributed by atoms with E-state index in [9.17, 15) is 18.0 Å². The Morgan fingerprint density at radius 1 is 1.35 bits per heavy atom. The third kappa shape index (κ3) is 8.79. The van der Waals surface area contributed by atoms with Crippen LogP contribution in [-0.2, 0) is 4.74 Å². The molecule has 0 fully saturated rings. The Kier molecular flexibility index (Phi) is 6.94. The summed E-state index contributed by atoms with van der Waals surface area (Å²) in [6.45, 7) is 6.31. The molecule has 0 heterocycles. The van der Waals surface area contributed by atoms with Crippen LogP contribution in [0.25, 0.3) is 0 Å². The maximum absolute atomic E-state index is 11.8. The van der Waals surface area contributed by atoms with E-state index in [-0.39, 0.29) is 6.04 Å². The molecule has 0 aromatic carbocycles. The number of likely N-dealkylation sites (N-methyl/N-ethyl adjacent to an activating group) is 1. The molecule has 7 heteroatoms. The van der Waals surface area contributed by atoms with Gasteiger partial charge in [0.2, 0.25) is 0 Å². The number of nitrogens with zero attached hydrogens (tertiary/aromatic N) is 1. The molecular formula is C10H19F3N2O2. The first-order valence-electron chi connectivity index (χ1n) is 5.50. The van der Waals surface area contributed by atoms with E-state index in [4.69, 9.17) is 0 Å². The van der Waals surface area contributed by atoms with Gasteiger partial charge >= 0.3 is 12.3 Å². The van der Waals surface area contributed by atoms with Crippen molar-refractivity contribution in [2.75, 3.05) is 26.2 Å². The predicted octanol–water partition coefficient (Wildman–Crippen LogP) is 2.01. The smallest absolute Gasteiger partial charge is 0.422 e. The number of halogens is 3. The fourth-order valence-corrected chi connectivity index (χ4v) is 1.30. The molecule has 0 spiro atoms. The number of alkyl halides is 3. The van der Waals surface area contributed by atoms with Crippen LogP contribution in [-0.4, -0.2) is 49.5 Å². The van der Waals surface area contributed by atoms with Crippen molar-refractivity contribution in [3.63, 3.8) is 0 Å². The van der Waals surface area contributed by atoms with E-state index in [0.29, 0.717) is 6.54 Å². The molecule has 17 heavy (non-hydrogen) atoms. The van der Waals surface area contributed by atoms with Gasteiger partial charge in [0.15, 0.2) is 6.61 Å². The van der Waals surface area contributed by atoms with Crippen molar-refractivity contribution in [2.45, 2.75) is 33.0 Å². The van der Waals surface area contributed by atoms with E-state index >= 15 is 0 Å². The van der Waals surface area contributed by atoms with Crippen molar-refractivity contribution in [3.05, 3.63) is 0 Å². The van der Waals surface area contributed by atoms with Gasteiger partial charge in [-0.05, 0) is 20.0 Å². The van der Waals surface area contributed by atoms with Crippen LogP contribution in [0, 0.1) is 0 Å². The third-order valence-corrected chi connectivity index (χ3v) is 2.16. The molecule has 0 saturated heterocycles. The lowest BCUT2D eigenvalue weighted by atomic mass is 10.3. The van der Waals surface area contributed by atoms with Gasteiger partial charge in [0, 0.05) is 12.6 Å². The van der Waals surface area contributed by atoms with Crippen LogP contribution in [0.1, 0.15) is 20.8 Å². The number of carbonyl (C=O) groups excluding carboxylic acids is 1. The first-order chi connectivity index (χ1) is 7.78. The number of carbonyl (C=O) groups is 1. The monoisotopic (exact) mass is 256 g/mol. The molecule has 102 valence electrons. The number of ether oxygens (including phenoxy) is 1. The van der Waals surface area contributed by atoms with Gasteiger partial charge in [-0.15, -0.1) is 0 Å². The lowest BCUT2D eigenvalue weighted by Crippen LogP contribution is -2.42. The van der Waals surface area contributed by atoms with Gasteiger partial charge in [-0.1, -0.05) is 13.8 Å². The van der Waals surface area contributed by atoms with Crippen LogP contribution in [0.15, 0.2) is 0 Å². The van der Waals surface area contributed by atoms with Gasteiger partial charge in [0.05, 0.1) is 0 Å². The fourth-order valence-electron chi connectivity index (χ4n) is 1.30. The van der Waals surface area contributed by atoms with E-state index in [2.05, 4.69) is 15.0 Å². The largest absolute Gasteiger partial charge is 0.440 e. The lowest BCUT2D eigenvalue weighted by Gasteiger charge is -2.23. The highest BCUT2D eigenvalue weighted by Crippen LogP contribution is 2.14. The summed E-state index contributed by atoms with van der Waals surface area (Å²) in [5.41, 5.74) is 0. The summed E-state index contributed by atoms with van der Waals surface area (Å²) in [6.07, 6.45) is -5.53. The van der Waals surface area contributed by atoms with Gasteiger partial charge in [0.25, 0.3) is 0 Å². The topological polar surface area (TPSA) is 41.6 Å².